The first-order valence-electron chi connectivity index (χ1n) is 9.49. The molecule has 1 heterocycles. The molecule has 11 heteroatoms. The predicted molar refractivity (Wildman–Crippen MR) is 126 cm³/mol. The molecular weight excluding hydrogens is 516 g/mol. The molecule has 1 N–H and O–H groups in total. The summed E-state index contributed by atoms with van der Waals surface area (Å²) in [6, 6.07) is 11.8. The smallest absolute Gasteiger partial charge is 0.343 e. The highest BCUT2D eigenvalue weighted by Gasteiger charge is 2.36. The number of nitrogens with one attached hydrogen (secondary N) is 1. The lowest BCUT2D eigenvalue weighted by Crippen LogP contribution is -2.36. The summed E-state index contributed by atoms with van der Waals surface area (Å²) in [4.78, 5) is 50.0. The van der Waals surface area contributed by atoms with Crippen molar-refractivity contribution in [2.24, 2.45) is 0 Å². The zero-order valence-corrected chi connectivity index (χ0v) is 20.0. The van der Waals surface area contributed by atoms with Crippen molar-refractivity contribution in [2.45, 2.75) is 0 Å². The number of carbonyl (C=O) groups excluding carboxylic acids is 4. The van der Waals surface area contributed by atoms with Crippen LogP contribution in [0.5, 0.6) is 11.5 Å². The Morgan fingerprint density at radius 3 is 2.52 bits per heavy atom. The summed E-state index contributed by atoms with van der Waals surface area (Å²) in [5, 5.41) is 2.07. The van der Waals surface area contributed by atoms with Crippen molar-refractivity contribution in [1.82, 2.24) is 4.90 Å². The van der Waals surface area contributed by atoms with Crippen molar-refractivity contribution in [3.05, 3.63) is 57.4 Å². The van der Waals surface area contributed by atoms with Crippen LogP contribution in [0, 0.1) is 0 Å². The number of esters is 1. The molecule has 1 aliphatic rings. The number of benzene rings is 2. The maximum Gasteiger partial charge on any atom is 0.343 e. The van der Waals surface area contributed by atoms with Crippen LogP contribution in [0.4, 0.5) is 10.5 Å². The highest BCUT2D eigenvalue weighted by molar-refractivity contribution is 9.10. The van der Waals surface area contributed by atoms with Crippen molar-refractivity contribution in [3.8, 4) is 11.5 Å². The molecule has 33 heavy (non-hydrogen) atoms. The van der Waals surface area contributed by atoms with E-state index in [-0.39, 0.29) is 17.3 Å². The fourth-order valence-corrected chi connectivity index (χ4v) is 3.90. The normalized spacial score (nSPS) is 14.4. The number of carbonyl (C=O) groups is 4. The Morgan fingerprint density at radius 1 is 1.12 bits per heavy atom. The van der Waals surface area contributed by atoms with Crippen molar-refractivity contribution in [2.75, 3.05) is 32.7 Å². The van der Waals surface area contributed by atoms with E-state index in [0.29, 0.717) is 28.8 Å². The Kier molecular flexibility index (Phi) is 8.12. The highest BCUT2D eigenvalue weighted by atomic mass is 79.9. The summed E-state index contributed by atoms with van der Waals surface area (Å²) in [5.74, 6) is -1.17. The van der Waals surface area contributed by atoms with Crippen LogP contribution in [0.25, 0.3) is 6.08 Å². The van der Waals surface area contributed by atoms with Gasteiger partial charge in [0, 0.05) is 15.7 Å². The van der Waals surface area contributed by atoms with E-state index in [4.69, 9.17) is 9.47 Å². The quantitative estimate of drug-likeness (QED) is 0.403. The van der Waals surface area contributed by atoms with Crippen molar-refractivity contribution in [3.63, 3.8) is 0 Å². The van der Waals surface area contributed by atoms with Gasteiger partial charge in [0.1, 0.15) is 6.54 Å². The lowest BCUT2D eigenvalue weighted by atomic mass is 10.1. The highest BCUT2D eigenvalue weighted by Crippen LogP contribution is 2.37. The number of ether oxygens (including phenoxy) is 3. The summed E-state index contributed by atoms with van der Waals surface area (Å²) < 4.78 is 16.2. The average Bonchev–Trinajstić information content (AvgIpc) is 3.06. The number of para-hydroxylation sites is 1. The number of hydrogen-bond donors (Lipinski definition) is 1. The zero-order chi connectivity index (χ0) is 24.0. The summed E-state index contributed by atoms with van der Waals surface area (Å²) in [6.45, 7) is -0.794. The molecule has 0 aliphatic carbocycles. The maximum absolute atomic E-state index is 12.8. The fraction of sp³-hybridized carbons (Fsp3) is 0.182. The molecule has 1 aliphatic heterocycles. The first-order valence-corrected chi connectivity index (χ1v) is 11.1. The Hall–Kier alpha value is -3.31. The molecule has 9 nitrogen and oxygen atoms in total. The van der Waals surface area contributed by atoms with Crippen LogP contribution in [-0.4, -0.2) is 55.3 Å². The Morgan fingerprint density at radius 2 is 1.85 bits per heavy atom. The lowest BCUT2D eigenvalue weighted by Gasteiger charge is -2.13. The number of nitrogens with zero attached hydrogens (tertiary/aromatic N) is 1. The third-order valence-corrected chi connectivity index (χ3v) is 5.82. The first kappa shape index (κ1) is 24.3. The molecule has 0 radical (unpaired) electrons. The molecule has 3 amide bonds. The van der Waals surface area contributed by atoms with Crippen LogP contribution in [-0.2, 0) is 19.1 Å². The van der Waals surface area contributed by atoms with Gasteiger partial charge in [-0.05, 0) is 48.2 Å². The number of methoxy groups -OCH3 is 2. The lowest BCUT2D eigenvalue weighted by molar-refractivity contribution is -0.143. The first-order chi connectivity index (χ1) is 15.8. The van der Waals surface area contributed by atoms with E-state index < -0.39 is 29.6 Å². The molecule has 0 saturated carbocycles. The van der Waals surface area contributed by atoms with E-state index in [1.165, 1.54) is 20.3 Å². The Balaban J connectivity index is 1.77. The third-order valence-electron chi connectivity index (χ3n) is 4.38. The predicted octanol–water partition coefficient (Wildman–Crippen LogP) is 3.68. The number of halogens is 1. The molecule has 3 rings (SSSR count). The Bertz CT molecular complexity index is 1120. The van der Waals surface area contributed by atoms with Gasteiger partial charge in [0.15, 0.2) is 18.1 Å². The second-order valence-corrected chi connectivity index (χ2v) is 8.48. The van der Waals surface area contributed by atoms with E-state index in [2.05, 4.69) is 26.0 Å². The van der Waals surface area contributed by atoms with Gasteiger partial charge in [-0.15, -0.1) is 0 Å². The van der Waals surface area contributed by atoms with Crippen molar-refractivity contribution >= 4 is 62.5 Å². The van der Waals surface area contributed by atoms with Gasteiger partial charge in [0.2, 0.25) is 5.91 Å². The van der Waals surface area contributed by atoms with Crippen molar-refractivity contribution < 1.29 is 33.4 Å². The summed E-state index contributed by atoms with van der Waals surface area (Å²) in [7, 11) is 2.67. The molecule has 172 valence electrons. The summed E-state index contributed by atoms with van der Waals surface area (Å²) in [6.07, 6.45) is 1.45. The molecule has 0 bridgehead atoms. The molecule has 1 saturated heterocycles. The van der Waals surface area contributed by atoms with Crippen LogP contribution >= 0.6 is 27.7 Å². The van der Waals surface area contributed by atoms with Gasteiger partial charge in [0.05, 0.1) is 19.1 Å². The average molecular weight is 535 g/mol. The van der Waals surface area contributed by atoms with E-state index in [0.717, 1.165) is 9.37 Å². The van der Waals surface area contributed by atoms with Crippen LogP contribution in [0.1, 0.15) is 5.56 Å². The van der Waals surface area contributed by atoms with E-state index >= 15 is 0 Å². The standard InChI is InChI=1S/C22H19BrN2O7S/c1-30-16-5-3-4-13(20(16)32-12-19(27)31-2)10-17-21(28)25(22(29)33-17)11-18(26)24-15-8-6-14(23)7-9-15/h3-10H,11-12H2,1-2H3,(H,24,26)/b17-10+. The van der Waals surface area contributed by atoms with Gasteiger partial charge in [-0.1, -0.05) is 28.1 Å². The molecule has 0 spiro atoms. The van der Waals surface area contributed by atoms with Crippen molar-refractivity contribution in [1.29, 1.82) is 0 Å². The number of rotatable bonds is 8. The van der Waals surface area contributed by atoms with Gasteiger partial charge >= 0.3 is 5.97 Å². The number of anilines is 1. The largest absolute Gasteiger partial charge is 0.493 e. The second kappa shape index (κ2) is 11.0. The number of imide groups is 1. The molecular formula is C22H19BrN2O7S. The maximum atomic E-state index is 12.8. The van der Waals surface area contributed by atoms with Gasteiger partial charge in [-0.3, -0.25) is 19.3 Å². The zero-order valence-electron chi connectivity index (χ0n) is 17.6. The molecule has 0 aromatic heterocycles. The third kappa shape index (κ3) is 6.14. The number of amides is 3. The molecule has 1 fully saturated rings. The van der Waals surface area contributed by atoms with E-state index in [9.17, 15) is 19.2 Å². The van der Waals surface area contributed by atoms with Gasteiger partial charge in [-0.2, -0.15) is 0 Å². The number of hydrogen-bond acceptors (Lipinski definition) is 8. The topological polar surface area (TPSA) is 111 Å². The van der Waals surface area contributed by atoms with E-state index in [1.807, 2.05) is 0 Å². The minimum absolute atomic E-state index is 0.104. The number of thioether (sulfide) groups is 1. The monoisotopic (exact) mass is 534 g/mol. The van der Waals surface area contributed by atoms with Crippen LogP contribution < -0.4 is 14.8 Å². The second-order valence-electron chi connectivity index (χ2n) is 6.57. The SMILES string of the molecule is COC(=O)COc1c(/C=C2/SC(=O)N(CC(=O)Nc3ccc(Br)cc3)C2=O)cccc1OC. The fourth-order valence-electron chi connectivity index (χ4n) is 2.81. The van der Waals surface area contributed by atoms with Gasteiger partial charge in [0.25, 0.3) is 11.1 Å². The van der Waals surface area contributed by atoms with Gasteiger partial charge < -0.3 is 19.5 Å². The summed E-state index contributed by atoms with van der Waals surface area (Å²) in [5.41, 5.74) is 0.956. The Labute approximate surface area is 202 Å². The molecule has 2 aromatic rings. The van der Waals surface area contributed by atoms with E-state index in [1.54, 1.807) is 42.5 Å². The minimum atomic E-state index is -0.613. The van der Waals surface area contributed by atoms with Crippen LogP contribution in [0.3, 0.4) is 0 Å². The molecule has 0 unspecified atom stereocenters. The van der Waals surface area contributed by atoms with Crippen LogP contribution in [0.2, 0.25) is 0 Å². The van der Waals surface area contributed by atoms with Crippen LogP contribution in [0.15, 0.2) is 51.8 Å². The van der Waals surface area contributed by atoms with Gasteiger partial charge in [-0.25, -0.2) is 4.79 Å². The minimum Gasteiger partial charge on any atom is -0.493 e. The molecule has 2 aromatic carbocycles. The summed E-state index contributed by atoms with van der Waals surface area (Å²) >= 11 is 4.01. The molecule has 0 atom stereocenters.